The van der Waals surface area contributed by atoms with Gasteiger partial charge in [-0.2, -0.15) is 5.06 Å². The van der Waals surface area contributed by atoms with Gasteiger partial charge >= 0.3 is 0 Å². The van der Waals surface area contributed by atoms with E-state index >= 15 is 0 Å². The Morgan fingerprint density at radius 3 is 1.57 bits per heavy atom. The van der Waals surface area contributed by atoms with E-state index in [4.69, 9.17) is 0 Å². The molecular weight excluding hydrogens is 266 g/mol. The fourth-order valence-electron chi connectivity index (χ4n) is 5.22. The molecule has 1 saturated heterocycles. The Hall–Kier alpha value is -0.160. The molecule has 2 spiro atoms. The molecule has 0 bridgehead atoms. The van der Waals surface area contributed by atoms with Gasteiger partial charge in [0.2, 0.25) is 0 Å². The number of rotatable bonds is 1. The SMILES string of the molecule is CCC1CC2(CCC(O)CC2)N(O)C2(CCC(O)CC2)C1. The summed E-state index contributed by atoms with van der Waals surface area (Å²) in [6, 6.07) is 0. The first-order valence-corrected chi connectivity index (χ1v) is 8.85. The average molecular weight is 297 g/mol. The summed E-state index contributed by atoms with van der Waals surface area (Å²) in [4.78, 5) is 0. The van der Waals surface area contributed by atoms with Crippen LogP contribution in [-0.4, -0.2) is 43.8 Å². The molecule has 0 amide bonds. The lowest BCUT2D eigenvalue weighted by atomic mass is 9.62. The number of nitrogens with zero attached hydrogens (tertiary/aromatic N) is 1. The van der Waals surface area contributed by atoms with E-state index in [1.165, 1.54) is 6.42 Å². The highest BCUT2D eigenvalue weighted by molar-refractivity contribution is 5.07. The molecule has 2 aliphatic carbocycles. The first-order chi connectivity index (χ1) is 10.00. The molecule has 0 aromatic rings. The van der Waals surface area contributed by atoms with Crippen LogP contribution in [0.25, 0.3) is 0 Å². The molecule has 122 valence electrons. The fraction of sp³-hybridized carbons (Fsp3) is 1.00. The van der Waals surface area contributed by atoms with Crippen molar-refractivity contribution in [3.8, 4) is 0 Å². The molecule has 4 heteroatoms. The topological polar surface area (TPSA) is 63.9 Å². The molecule has 0 atom stereocenters. The van der Waals surface area contributed by atoms with E-state index in [1.807, 2.05) is 0 Å². The van der Waals surface area contributed by atoms with Gasteiger partial charge in [-0.3, -0.25) is 0 Å². The monoisotopic (exact) mass is 297 g/mol. The minimum absolute atomic E-state index is 0.125. The highest BCUT2D eigenvalue weighted by Crippen LogP contribution is 2.52. The Balaban J connectivity index is 1.84. The van der Waals surface area contributed by atoms with Crippen LogP contribution in [0.15, 0.2) is 0 Å². The van der Waals surface area contributed by atoms with Crippen LogP contribution < -0.4 is 0 Å². The number of hydrogen-bond donors (Lipinski definition) is 3. The van der Waals surface area contributed by atoms with Gasteiger partial charge in [-0.25, -0.2) is 0 Å². The van der Waals surface area contributed by atoms with Crippen molar-refractivity contribution in [1.29, 1.82) is 0 Å². The van der Waals surface area contributed by atoms with Crippen LogP contribution in [0.3, 0.4) is 0 Å². The molecule has 2 saturated carbocycles. The van der Waals surface area contributed by atoms with Gasteiger partial charge in [0.05, 0.1) is 12.2 Å². The first kappa shape index (κ1) is 15.7. The van der Waals surface area contributed by atoms with Crippen molar-refractivity contribution in [2.24, 2.45) is 5.92 Å². The van der Waals surface area contributed by atoms with Crippen molar-refractivity contribution in [3.63, 3.8) is 0 Å². The Kier molecular flexibility index (Phi) is 4.34. The third kappa shape index (κ3) is 2.76. The maximum Gasteiger partial charge on any atom is 0.0541 e. The third-order valence-electron chi connectivity index (χ3n) is 6.58. The van der Waals surface area contributed by atoms with E-state index in [-0.39, 0.29) is 23.3 Å². The van der Waals surface area contributed by atoms with Crippen molar-refractivity contribution < 1.29 is 15.4 Å². The molecule has 21 heavy (non-hydrogen) atoms. The van der Waals surface area contributed by atoms with Gasteiger partial charge < -0.3 is 15.4 Å². The van der Waals surface area contributed by atoms with Gasteiger partial charge in [-0.1, -0.05) is 13.3 Å². The fourth-order valence-corrected chi connectivity index (χ4v) is 5.22. The lowest BCUT2D eigenvalue weighted by Crippen LogP contribution is -2.66. The van der Waals surface area contributed by atoms with Crippen molar-refractivity contribution >= 4 is 0 Å². The van der Waals surface area contributed by atoms with Gasteiger partial charge in [-0.05, 0) is 70.1 Å². The van der Waals surface area contributed by atoms with E-state index in [0.29, 0.717) is 5.92 Å². The molecule has 3 fully saturated rings. The summed E-state index contributed by atoms with van der Waals surface area (Å²) in [5, 5.41) is 32.5. The van der Waals surface area contributed by atoms with Crippen LogP contribution in [0.2, 0.25) is 0 Å². The van der Waals surface area contributed by atoms with E-state index in [2.05, 4.69) is 6.92 Å². The highest BCUT2D eigenvalue weighted by Gasteiger charge is 2.55. The van der Waals surface area contributed by atoms with Crippen molar-refractivity contribution in [1.82, 2.24) is 5.06 Å². The van der Waals surface area contributed by atoms with Crippen LogP contribution in [0.5, 0.6) is 0 Å². The van der Waals surface area contributed by atoms with Crippen LogP contribution >= 0.6 is 0 Å². The van der Waals surface area contributed by atoms with Gasteiger partial charge in [0.15, 0.2) is 0 Å². The molecule has 0 unspecified atom stereocenters. The lowest BCUT2D eigenvalue weighted by molar-refractivity contribution is -0.291. The van der Waals surface area contributed by atoms with E-state index in [1.54, 1.807) is 5.06 Å². The highest BCUT2D eigenvalue weighted by atomic mass is 16.5. The van der Waals surface area contributed by atoms with Crippen LogP contribution in [0.1, 0.15) is 77.6 Å². The maximum atomic E-state index is 11.1. The second-order valence-electron chi connectivity index (χ2n) is 7.91. The smallest absolute Gasteiger partial charge is 0.0541 e. The molecule has 0 aromatic carbocycles. The first-order valence-electron chi connectivity index (χ1n) is 8.85. The number of aliphatic hydroxyl groups excluding tert-OH is 2. The summed E-state index contributed by atoms with van der Waals surface area (Å²) in [5.41, 5.74) is -0.249. The second-order valence-corrected chi connectivity index (χ2v) is 7.91. The molecule has 0 radical (unpaired) electrons. The van der Waals surface area contributed by atoms with Crippen molar-refractivity contribution in [2.45, 2.75) is 101 Å². The van der Waals surface area contributed by atoms with E-state index in [9.17, 15) is 15.4 Å². The third-order valence-corrected chi connectivity index (χ3v) is 6.58. The maximum absolute atomic E-state index is 11.1. The molecule has 0 aromatic heterocycles. The van der Waals surface area contributed by atoms with Crippen LogP contribution in [-0.2, 0) is 0 Å². The van der Waals surface area contributed by atoms with Crippen LogP contribution in [0.4, 0.5) is 0 Å². The lowest BCUT2D eigenvalue weighted by Gasteiger charge is -2.60. The number of aliphatic hydroxyl groups is 2. The molecule has 3 aliphatic rings. The van der Waals surface area contributed by atoms with Gasteiger partial charge in [0.1, 0.15) is 0 Å². The molecule has 1 heterocycles. The summed E-state index contributed by atoms with van der Waals surface area (Å²) in [5.74, 6) is 0.666. The zero-order chi connectivity index (χ0) is 15.1. The van der Waals surface area contributed by atoms with Crippen molar-refractivity contribution in [2.75, 3.05) is 0 Å². The zero-order valence-corrected chi connectivity index (χ0v) is 13.3. The van der Waals surface area contributed by atoms with Crippen molar-refractivity contribution in [3.05, 3.63) is 0 Å². The molecule has 3 N–H and O–H groups in total. The molecule has 3 rings (SSSR count). The molecule has 4 nitrogen and oxygen atoms in total. The van der Waals surface area contributed by atoms with E-state index < -0.39 is 0 Å². The van der Waals surface area contributed by atoms with Gasteiger partial charge in [-0.15, -0.1) is 0 Å². The number of hydrogen-bond acceptors (Lipinski definition) is 4. The summed E-state index contributed by atoms with van der Waals surface area (Å²) >= 11 is 0. The predicted octanol–water partition coefficient (Wildman–Crippen LogP) is 2.85. The molecular formula is C17H31NO3. The van der Waals surface area contributed by atoms with E-state index in [0.717, 1.165) is 64.2 Å². The Bertz CT molecular complexity index is 325. The van der Waals surface area contributed by atoms with Crippen LogP contribution in [0, 0.1) is 5.92 Å². The number of hydroxylamine groups is 2. The second kappa shape index (κ2) is 5.80. The molecule has 1 aliphatic heterocycles. The standard InChI is InChI=1S/C17H31NO3/c1-2-13-11-16(7-3-14(19)4-8-16)18(21)17(12-13)9-5-15(20)6-10-17/h13-15,19-21H,2-12H2,1H3. The Morgan fingerprint density at radius 2 is 1.24 bits per heavy atom. The zero-order valence-electron chi connectivity index (χ0n) is 13.3. The number of piperidine rings is 1. The Labute approximate surface area is 128 Å². The van der Waals surface area contributed by atoms with Gasteiger partial charge in [0, 0.05) is 11.1 Å². The largest absolute Gasteiger partial charge is 0.393 e. The minimum Gasteiger partial charge on any atom is -0.393 e. The summed E-state index contributed by atoms with van der Waals surface area (Å²) in [6.45, 7) is 2.26. The average Bonchev–Trinajstić information content (AvgIpc) is 2.50. The summed E-state index contributed by atoms with van der Waals surface area (Å²) in [7, 11) is 0. The quantitative estimate of drug-likeness (QED) is 0.696. The summed E-state index contributed by atoms with van der Waals surface area (Å²) in [6.07, 6.45) is 9.81. The predicted molar refractivity (Wildman–Crippen MR) is 81.1 cm³/mol. The van der Waals surface area contributed by atoms with Gasteiger partial charge in [0.25, 0.3) is 0 Å². The summed E-state index contributed by atoms with van der Waals surface area (Å²) < 4.78 is 0. The Morgan fingerprint density at radius 1 is 0.857 bits per heavy atom. The normalized spacial score (nSPS) is 48.9. The minimum atomic E-state index is -0.185.